The molecule has 18 heavy (non-hydrogen) atoms. The molecule has 0 radical (unpaired) electrons. The number of nitrogens with one attached hydrogen (secondary N) is 1. The second kappa shape index (κ2) is 6.38. The van der Waals surface area contributed by atoms with Crippen LogP contribution in [0.1, 0.15) is 18.7 Å². The largest absolute Gasteiger partial charge is 0.388 e. The van der Waals surface area contributed by atoms with Crippen molar-refractivity contribution in [2.24, 2.45) is 0 Å². The first-order chi connectivity index (χ1) is 8.30. The zero-order valence-electron chi connectivity index (χ0n) is 10.8. The van der Waals surface area contributed by atoms with Crippen LogP contribution in [0.15, 0.2) is 16.3 Å². The lowest BCUT2D eigenvalue weighted by molar-refractivity contribution is 0.0909. The van der Waals surface area contributed by atoms with E-state index in [-0.39, 0.29) is 6.54 Å². The minimum Gasteiger partial charge on any atom is -0.388 e. The lowest BCUT2D eigenvalue weighted by Gasteiger charge is -2.22. The van der Waals surface area contributed by atoms with E-state index < -0.39 is 15.6 Å². The Bertz CT molecular complexity index is 479. The predicted molar refractivity (Wildman–Crippen MR) is 77.9 cm³/mol. The Morgan fingerprint density at radius 2 is 2.17 bits per heavy atom. The van der Waals surface area contributed by atoms with Crippen molar-refractivity contribution < 1.29 is 13.5 Å². The number of sulfonamides is 1. The van der Waals surface area contributed by atoms with E-state index in [4.69, 9.17) is 0 Å². The molecule has 0 aliphatic rings. The standard InChI is InChI=1S/C11H19NO3S3/c1-4-9-5-6-10(17-9)18(14,15)12-7-11(2,13)8-16-3/h5-6,12-13H,4,7-8H2,1-3H3. The first-order valence-corrected chi connectivity index (χ1v) is 9.30. The van der Waals surface area contributed by atoms with Crippen molar-refractivity contribution in [1.82, 2.24) is 4.72 Å². The van der Waals surface area contributed by atoms with E-state index in [1.807, 2.05) is 19.2 Å². The molecule has 104 valence electrons. The second-order valence-electron chi connectivity index (χ2n) is 4.33. The molecule has 2 N–H and O–H groups in total. The van der Waals surface area contributed by atoms with E-state index in [1.165, 1.54) is 23.1 Å². The van der Waals surface area contributed by atoms with Crippen molar-refractivity contribution in [3.05, 3.63) is 17.0 Å². The van der Waals surface area contributed by atoms with Crippen LogP contribution in [-0.2, 0) is 16.4 Å². The first-order valence-electron chi connectivity index (χ1n) is 5.60. The fourth-order valence-electron chi connectivity index (χ4n) is 1.38. The molecule has 1 aromatic rings. The Morgan fingerprint density at radius 1 is 1.50 bits per heavy atom. The lowest BCUT2D eigenvalue weighted by atomic mass is 10.1. The molecule has 0 saturated heterocycles. The van der Waals surface area contributed by atoms with Crippen LogP contribution in [0.3, 0.4) is 0 Å². The summed E-state index contributed by atoms with van der Waals surface area (Å²) in [6.07, 6.45) is 2.69. The molecule has 1 rings (SSSR count). The third-order valence-electron chi connectivity index (χ3n) is 2.35. The highest BCUT2D eigenvalue weighted by molar-refractivity contribution is 7.98. The lowest BCUT2D eigenvalue weighted by Crippen LogP contribution is -2.42. The van der Waals surface area contributed by atoms with Crippen LogP contribution < -0.4 is 4.72 Å². The molecule has 1 aromatic heterocycles. The maximum atomic E-state index is 12.0. The Balaban J connectivity index is 2.71. The summed E-state index contributed by atoms with van der Waals surface area (Å²) in [5.74, 6) is 0.486. The van der Waals surface area contributed by atoms with Crippen molar-refractivity contribution in [2.75, 3.05) is 18.6 Å². The summed E-state index contributed by atoms with van der Waals surface area (Å²) in [6, 6.07) is 3.42. The summed E-state index contributed by atoms with van der Waals surface area (Å²) in [5.41, 5.74) is -1.03. The van der Waals surface area contributed by atoms with Gasteiger partial charge < -0.3 is 5.11 Å². The van der Waals surface area contributed by atoms with Crippen LogP contribution in [0.25, 0.3) is 0 Å². The molecule has 1 atom stereocenters. The Hall–Kier alpha value is -0.0800. The zero-order valence-corrected chi connectivity index (χ0v) is 13.2. The molecule has 4 nitrogen and oxygen atoms in total. The van der Waals surface area contributed by atoms with Gasteiger partial charge in [0.15, 0.2) is 0 Å². The van der Waals surface area contributed by atoms with E-state index in [0.717, 1.165) is 11.3 Å². The molecule has 0 amide bonds. The van der Waals surface area contributed by atoms with Gasteiger partial charge in [0.2, 0.25) is 10.0 Å². The van der Waals surface area contributed by atoms with Gasteiger partial charge in [-0.25, -0.2) is 13.1 Å². The molecule has 0 spiro atoms. The number of thioether (sulfide) groups is 1. The minimum absolute atomic E-state index is 0.0233. The summed E-state index contributed by atoms with van der Waals surface area (Å²) in [6.45, 7) is 3.63. The number of hydrogen-bond donors (Lipinski definition) is 2. The molecular formula is C11H19NO3S3. The highest BCUT2D eigenvalue weighted by Crippen LogP contribution is 2.22. The summed E-state index contributed by atoms with van der Waals surface area (Å²) in [7, 11) is -3.50. The van der Waals surface area contributed by atoms with E-state index in [1.54, 1.807) is 13.0 Å². The van der Waals surface area contributed by atoms with E-state index in [0.29, 0.717) is 9.96 Å². The maximum absolute atomic E-state index is 12.0. The molecule has 0 bridgehead atoms. The van der Waals surface area contributed by atoms with Crippen LogP contribution in [0.4, 0.5) is 0 Å². The van der Waals surface area contributed by atoms with Gasteiger partial charge in [0, 0.05) is 17.2 Å². The van der Waals surface area contributed by atoms with E-state index >= 15 is 0 Å². The summed E-state index contributed by atoms with van der Waals surface area (Å²) in [5, 5.41) is 9.93. The SMILES string of the molecule is CCc1ccc(S(=O)(=O)NCC(C)(O)CSC)s1. The number of aliphatic hydroxyl groups is 1. The summed E-state index contributed by atoms with van der Waals surface area (Å²) >= 11 is 2.75. The van der Waals surface area contributed by atoms with Crippen LogP contribution in [0, 0.1) is 0 Å². The number of thiophene rings is 1. The average Bonchev–Trinajstić information content (AvgIpc) is 2.76. The van der Waals surface area contributed by atoms with Crippen LogP contribution >= 0.6 is 23.1 Å². The third kappa shape index (κ3) is 4.55. The number of hydrogen-bond acceptors (Lipinski definition) is 5. The van der Waals surface area contributed by atoms with E-state index in [2.05, 4.69) is 4.72 Å². The van der Waals surface area contributed by atoms with Gasteiger partial charge in [0.05, 0.1) is 5.60 Å². The number of rotatable bonds is 7. The van der Waals surface area contributed by atoms with Crippen molar-refractivity contribution in [3.8, 4) is 0 Å². The predicted octanol–water partition coefficient (Wildman–Crippen LogP) is 1.70. The van der Waals surface area contributed by atoms with Crippen LogP contribution in [0.5, 0.6) is 0 Å². The highest BCUT2D eigenvalue weighted by Gasteiger charge is 2.24. The van der Waals surface area contributed by atoms with Gasteiger partial charge in [-0.05, 0) is 31.7 Å². The Labute approximate surface area is 117 Å². The topological polar surface area (TPSA) is 66.4 Å². The second-order valence-corrected chi connectivity index (χ2v) is 8.36. The first kappa shape index (κ1) is 16.0. The minimum atomic E-state index is -3.50. The number of aryl methyl sites for hydroxylation is 1. The van der Waals surface area contributed by atoms with Gasteiger partial charge >= 0.3 is 0 Å². The molecule has 0 aliphatic heterocycles. The van der Waals surface area contributed by atoms with Crippen molar-refractivity contribution in [3.63, 3.8) is 0 Å². The van der Waals surface area contributed by atoms with Crippen LogP contribution in [0.2, 0.25) is 0 Å². The maximum Gasteiger partial charge on any atom is 0.250 e. The molecule has 1 unspecified atom stereocenters. The summed E-state index contributed by atoms with van der Waals surface area (Å²) < 4.78 is 26.7. The third-order valence-corrected chi connectivity index (χ3v) is 6.38. The van der Waals surface area contributed by atoms with Gasteiger partial charge in [-0.3, -0.25) is 0 Å². The van der Waals surface area contributed by atoms with Crippen molar-refractivity contribution >= 4 is 33.1 Å². The zero-order chi connectivity index (χ0) is 13.8. The molecule has 0 fully saturated rings. The molecule has 0 aromatic carbocycles. The molecule has 7 heteroatoms. The van der Waals surface area contributed by atoms with Gasteiger partial charge in [-0.1, -0.05) is 6.92 Å². The Kier molecular flexibility index (Phi) is 5.67. The van der Waals surface area contributed by atoms with Gasteiger partial charge in [0.25, 0.3) is 0 Å². The normalized spacial score (nSPS) is 15.6. The van der Waals surface area contributed by atoms with Crippen LogP contribution in [-0.4, -0.2) is 37.7 Å². The summed E-state index contributed by atoms with van der Waals surface area (Å²) in [4.78, 5) is 1.03. The van der Waals surface area contributed by atoms with Gasteiger partial charge in [-0.2, -0.15) is 11.8 Å². The average molecular weight is 309 g/mol. The fraction of sp³-hybridized carbons (Fsp3) is 0.636. The van der Waals surface area contributed by atoms with Crippen molar-refractivity contribution in [2.45, 2.75) is 30.1 Å². The van der Waals surface area contributed by atoms with E-state index in [9.17, 15) is 13.5 Å². The monoisotopic (exact) mass is 309 g/mol. The smallest absolute Gasteiger partial charge is 0.250 e. The quantitative estimate of drug-likeness (QED) is 0.804. The fourth-order valence-corrected chi connectivity index (χ4v) is 4.60. The molecule has 0 aliphatic carbocycles. The van der Waals surface area contributed by atoms with Crippen molar-refractivity contribution in [1.29, 1.82) is 0 Å². The van der Waals surface area contributed by atoms with Gasteiger partial charge in [0.1, 0.15) is 4.21 Å². The molecular weight excluding hydrogens is 290 g/mol. The molecule has 1 heterocycles. The Morgan fingerprint density at radius 3 is 2.67 bits per heavy atom. The van der Waals surface area contributed by atoms with Gasteiger partial charge in [-0.15, -0.1) is 11.3 Å². The molecule has 0 saturated carbocycles. The highest BCUT2D eigenvalue weighted by atomic mass is 32.2.